The maximum absolute atomic E-state index is 12.5. The van der Waals surface area contributed by atoms with E-state index in [9.17, 15) is 4.39 Å². The summed E-state index contributed by atoms with van der Waals surface area (Å²) in [6, 6.07) is 3.11. The van der Waals surface area contributed by atoms with Gasteiger partial charge in [0.25, 0.3) is 0 Å². The predicted molar refractivity (Wildman–Crippen MR) is 41.6 cm³/mol. The molecule has 0 aromatic carbocycles. The summed E-state index contributed by atoms with van der Waals surface area (Å²) in [5.74, 6) is -0.567. The SMILES string of the molecule is N#Cc1cc(I)ncc1F. The number of aromatic nitrogens is 1. The minimum absolute atomic E-state index is 0.0411. The van der Waals surface area contributed by atoms with Crippen LogP contribution in [0.4, 0.5) is 4.39 Å². The number of halogens is 2. The highest BCUT2D eigenvalue weighted by molar-refractivity contribution is 14.1. The molecule has 1 heterocycles. The van der Waals surface area contributed by atoms with Gasteiger partial charge in [-0.05, 0) is 28.7 Å². The third kappa shape index (κ3) is 1.42. The highest BCUT2D eigenvalue weighted by atomic mass is 127. The van der Waals surface area contributed by atoms with Crippen molar-refractivity contribution in [3.63, 3.8) is 0 Å². The Kier molecular flexibility index (Phi) is 2.17. The van der Waals surface area contributed by atoms with Crippen molar-refractivity contribution in [2.24, 2.45) is 0 Å². The Bertz CT molecular complexity index is 292. The first-order valence-electron chi connectivity index (χ1n) is 2.45. The molecule has 4 heteroatoms. The molecule has 0 unspecified atom stereocenters. The maximum Gasteiger partial charge on any atom is 0.159 e. The number of nitrogens with zero attached hydrogens (tertiary/aromatic N) is 2. The standard InChI is InChI=1S/C6H2FIN2/c7-5-3-10-6(8)1-4(5)2-9/h1,3H. The van der Waals surface area contributed by atoms with Crippen molar-refractivity contribution in [2.75, 3.05) is 0 Å². The first kappa shape index (κ1) is 7.41. The van der Waals surface area contributed by atoms with Gasteiger partial charge in [-0.2, -0.15) is 5.26 Å². The minimum Gasteiger partial charge on any atom is -0.247 e. The van der Waals surface area contributed by atoms with E-state index in [-0.39, 0.29) is 5.56 Å². The molecule has 0 aliphatic heterocycles. The molecule has 0 fully saturated rings. The fraction of sp³-hybridized carbons (Fsp3) is 0. The Labute approximate surface area is 70.8 Å². The van der Waals surface area contributed by atoms with E-state index in [1.807, 2.05) is 22.6 Å². The largest absolute Gasteiger partial charge is 0.247 e. The van der Waals surface area contributed by atoms with Crippen LogP contribution in [0.2, 0.25) is 0 Å². The van der Waals surface area contributed by atoms with Gasteiger partial charge in [0.2, 0.25) is 0 Å². The van der Waals surface area contributed by atoms with Gasteiger partial charge in [-0.25, -0.2) is 9.37 Å². The first-order valence-corrected chi connectivity index (χ1v) is 3.53. The van der Waals surface area contributed by atoms with Gasteiger partial charge in [0, 0.05) is 0 Å². The van der Waals surface area contributed by atoms with Crippen LogP contribution in [0.1, 0.15) is 5.56 Å². The van der Waals surface area contributed by atoms with Gasteiger partial charge in [0.05, 0.1) is 11.8 Å². The van der Waals surface area contributed by atoms with Crippen LogP contribution in [0.3, 0.4) is 0 Å². The summed E-state index contributed by atoms with van der Waals surface area (Å²) in [5, 5.41) is 8.32. The van der Waals surface area contributed by atoms with Gasteiger partial charge >= 0.3 is 0 Å². The predicted octanol–water partition coefficient (Wildman–Crippen LogP) is 1.70. The second-order valence-corrected chi connectivity index (χ2v) is 2.70. The molecule has 0 spiro atoms. The Morgan fingerprint density at radius 1 is 1.70 bits per heavy atom. The average Bonchev–Trinajstić information content (AvgIpc) is 1.94. The Morgan fingerprint density at radius 2 is 2.40 bits per heavy atom. The van der Waals surface area contributed by atoms with Crippen molar-refractivity contribution in [1.29, 1.82) is 5.26 Å². The van der Waals surface area contributed by atoms with Crippen LogP contribution in [0.25, 0.3) is 0 Å². The lowest BCUT2D eigenvalue weighted by Gasteiger charge is -1.90. The van der Waals surface area contributed by atoms with E-state index in [2.05, 4.69) is 4.98 Å². The molecule has 0 saturated heterocycles. The molecule has 1 aromatic heterocycles. The van der Waals surface area contributed by atoms with Crippen molar-refractivity contribution >= 4 is 22.6 Å². The van der Waals surface area contributed by atoms with Crippen molar-refractivity contribution in [3.8, 4) is 6.07 Å². The lowest BCUT2D eigenvalue weighted by atomic mass is 10.3. The molecular formula is C6H2FIN2. The second-order valence-electron chi connectivity index (χ2n) is 1.60. The minimum atomic E-state index is -0.567. The van der Waals surface area contributed by atoms with Gasteiger partial charge in [-0.3, -0.25) is 0 Å². The third-order valence-electron chi connectivity index (χ3n) is 0.942. The molecular weight excluding hydrogens is 246 g/mol. The van der Waals surface area contributed by atoms with E-state index < -0.39 is 5.82 Å². The van der Waals surface area contributed by atoms with Crippen molar-refractivity contribution in [1.82, 2.24) is 4.98 Å². The van der Waals surface area contributed by atoms with Gasteiger partial charge in [0.15, 0.2) is 5.82 Å². The second kappa shape index (κ2) is 2.92. The summed E-state index contributed by atoms with van der Waals surface area (Å²) in [7, 11) is 0. The van der Waals surface area contributed by atoms with E-state index in [0.717, 1.165) is 6.20 Å². The quantitative estimate of drug-likeness (QED) is 0.517. The number of rotatable bonds is 0. The molecule has 10 heavy (non-hydrogen) atoms. The number of hydrogen-bond donors (Lipinski definition) is 0. The molecule has 0 aliphatic rings. The summed E-state index contributed by atoms with van der Waals surface area (Å²) < 4.78 is 13.1. The fourth-order valence-electron chi connectivity index (χ4n) is 0.499. The normalized spacial score (nSPS) is 8.90. The fourth-order valence-corrected chi connectivity index (χ4v) is 0.950. The van der Waals surface area contributed by atoms with Gasteiger partial charge in [0.1, 0.15) is 9.77 Å². The maximum atomic E-state index is 12.5. The van der Waals surface area contributed by atoms with Gasteiger partial charge in [-0.1, -0.05) is 0 Å². The van der Waals surface area contributed by atoms with Crippen molar-refractivity contribution < 1.29 is 4.39 Å². The van der Waals surface area contributed by atoms with E-state index in [1.54, 1.807) is 6.07 Å². The van der Waals surface area contributed by atoms with Crippen LogP contribution in [0, 0.1) is 20.8 Å². The number of nitriles is 1. The summed E-state index contributed by atoms with van der Waals surface area (Å²) in [4.78, 5) is 3.65. The third-order valence-corrected chi connectivity index (χ3v) is 1.53. The van der Waals surface area contributed by atoms with Crippen LogP contribution in [-0.2, 0) is 0 Å². The molecule has 0 radical (unpaired) electrons. The van der Waals surface area contributed by atoms with Crippen LogP contribution < -0.4 is 0 Å². The smallest absolute Gasteiger partial charge is 0.159 e. The van der Waals surface area contributed by atoms with E-state index in [1.165, 1.54) is 6.07 Å². The average molecular weight is 248 g/mol. The number of hydrogen-bond acceptors (Lipinski definition) is 2. The first-order chi connectivity index (χ1) is 4.74. The molecule has 0 atom stereocenters. The molecule has 1 rings (SSSR count). The van der Waals surface area contributed by atoms with Gasteiger partial charge in [-0.15, -0.1) is 0 Å². The van der Waals surface area contributed by atoms with Crippen LogP contribution in [0.5, 0.6) is 0 Å². The molecule has 0 saturated carbocycles. The zero-order valence-electron chi connectivity index (χ0n) is 4.81. The highest BCUT2D eigenvalue weighted by Crippen LogP contribution is 2.07. The van der Waals surface area contributed by atoms with Gasteiger partial charge < -0.3 is 0 Å². The lowest BCUT2D eigenvalue weighted by molar-refractivity contribution is 0.616. The van der Waals surface area contributed by atoms with Crippen molar-refractivity contribution in [3.05, 3.63) is 27.3 Å². The van der Waals surface area contributed by atoms with E-state index >= 15 is 0 Å². The highest BCUT2D eigenvalue weighted by Gasteiger charge is 2.00. The zero-order chi connectivity index (χ0) is 7.56. The molecule has 1 aromatic rings. The molecule has 2 nitrogen and oxygen atoms in total. The summed E-state index contributed by atoms with van der Waals surface area (Å²) in [6.45, 7) is 0. The Balaban J connectivity index is 3.25. The van der Waals surface area contributed by atoms with E-state index in [4.69, 9.17) is 5.26 Å². The van der Waals surface area contributed by atoms with Crippen LogP contribution >= 0.6 is 22.6 Å². The molecule has 0 bridgehead atoms. The monoisotopic (exact) mass is 248 g/mol. The molecule has 0 N–H and O–H groups in total. The Morgan fingerprint density at radius 3 is 2.90 bits per heavy atom. The summed E-state index contributed by atoms with van der Waals surface area (Å²) in [5.41, 5.74) is 0.0411. The van der Waals surface area contributed by atoms with Crippen molar-refractivity contribution in [2.45, 2.75) is 0 Å². The van der Waals surface area contributed by atoms with E-state index in [0.29, 0.717) is 3.70 Å². The lowest BCUT2D eigenvalue weighted by Crippen LogP contribution is -1.87. The molecule has 50 valence electrons. The molecule has 0 aliphatic carbocycles. The summed E-state index contributed by atoms with van der Waals surface area (Å²) in [6.07, 6.45) is 1.04. The topological polar surface area (TPSA) is 36.7 Å². The summed E-state index contributed by atoms with van der Waals surface area (Å²) >= 11 is 1.92. The Hall–Kier alpha value is -0.700. The number of pyridine rings is 1. The molecule has 0 amide bonds. The van der Waals surface area contributed by atoms with Crippen LogP contribution in [-0.4, -0.2) is 4.98 Å². The zero-order valence-corrected chi connectivity index (χ0v) is 6.96. The van der Waals surface area contributed by atoms with Crippen LogP contribution in [0.15, 0.2) is 12.3 Å².